The number of rotatable bonds is 3. The van der Waals surface area contributed by atoms with Crippen molar-refractivity contribution < 1.29 is 14.2 Å². The van der Waals surface area contributed by atoms with E-state index in [-0.39, 0.29) is 0 Å². The number of hydrogen-bond donors (Lipinski definition) is 0. The van der Waals surface area contributed by atoms with Crippen molar-refractivity contribution >= 4 is 23.5 Å². The molecule has 0 aromatic heterocycles. The molecule has 0 aliphatic rings. The molecule has 0 radical (unpaired) electrons. The highest BCUT2D eigenvalue weighted by atomic mass is 31.2. The van der Waals surface area contributed by atoms with Crippen molar-refractivity contribution in [3.05, 3.63) is 30.3 Å². The van der Waals surface area contributed by atoms with Crippen LogP contribution in [0.5, 0.6) is 0 Å². The molecule has 74 valence electrons. The van der Waals surface area contributed by atoms with Crippen molar-refractivity contribution in [1.29, 1.82) is 0 Å². The molecule has 0 aliphatic carbocycles. The van der Waals surface area contributed by atoms with Crippen molar-refractivity contribution in [2.75, 3.05) is 0 Å². The molecule has 0 heterocycles. The van der Waals surface area contributed by atoms with E-state index in [0.717, 1.165) is 0 Å². The molecule has 0 fully saturated rings. The first-order valence-corrected chi connectivity index (χ1v) is 5.88. The lowest BCUT2D eigenvalue weighted by atomic mass is 10.4. The van der Waals surface area contributed by atoms with Gasteiger partial charge in [0.25, 0.3) is 0 Å². The third-order valence-electron chi connectivity index (χ3n) is 2.01. The zero-order chi connectivity index (χ0) is 10.8. The van der Waals surface area contributed by atoms with E-state index in [1.165, 1.54) is 13.8 Å². The van der Waals surface area contributed by atoms with Crippen LogP contribution in [0.2, 0.25) is 0 Å². The summed E-state index contributed by atoms with van der Waals surface area (Å²) in [6, 6.07) is 8.16. The number of benzene rings is 1. The van der Waals surface area contributed by atoms with Crippen LogP contribution in [0.15, 0.2) is 30.3 Å². The van der Waals surface area contributed by atoms with Gasteiger partial charge in [-0.3, -0.25) is 9.59 Å². The van der Waals surface area contributed by atoms with Gasteiger partial charge >= 0.3 is 0 Å². The highest BCUT2D eigenvalue weighted by Crippen LogP contribution is 2.45. The zero-order valence-electron chi connectivity index (χ0n) is 8.06. The SMILES string of the molecule is CC(=O)P(=O)(C(C)=O)c1ccccc1. The first-order chi connectivity index (χ1) is 6.49. The van der Waals surface area contributed by atoms with E-state index in [2.05, 4.69) is 0 Å². The topological polar surface area (TPSA) is 51.2 Å². The number of hydrogen-bond acceptors (Lipinski definition) is 3. The van der Waals surface area contributed by atoms with Crippen molar-refractivity contribution in [3.63, 3.8) is 0 Å². The van der Waals surface area contributed by atoms with Crippen LogP contribution in [0.3, 0.4) is 0 Å². The predicted octanol–water partition coefficient (Wildman–Crippen LogP) is 1.77. The second kappa shape index (κ2) is 3.89. The van der Waals surface area contributed by atoms with Gasteiger partial charge in [-0.05, 0) is 0 Å². The monoisotopic (exact) mass is 210 g/mol. The molecule has 0 spiro atoms. The normalized spacial score (nSPS) is 11.0. The molecule has 0 N–H and O–H groups in total. The third kappa shape index (κ3) is 1.68. The maximum Gasteiger partial charge on any atom is 0.238 e. The van der Waals surface area contributed by atoms with Crippen LogP contribution in [0.4, 0.5) is 0 Å². The van der Waals surface area contributed by atoms with Crippen molar-refractivity contribution in [3.8, 4) is 0 Å². The quantitative estimate of drug-likeness (QED) is 0.714. The Bertz CT molecular complexity index is 391. The fourth-order valence-corrected chi connectivity index (χ4v) is 2.99. The van der Waals surface area contributed by atoms with E-state index in [1.54, 1.807) is 30.3 Å². The van der Waals surface area contributed by atoms with Gasteiger partial charge in [0.05, 0.1) is 0 Å². The number of carbonyl (C=O) groups is 2. The van der Waals surface area contributed by atoms with Gasteiger partial charge in [-0.1, -0.05) is 30.3 Å². The van der Waals surface area contributed by atoms with Crippen LogP contribution in [0.25, 0.3) is 0 Å². The Morgan fingerprint density at radius 1 is 1.00 bits per heavy atom. The largest absolute Gasteiger partial charge is 0.303 e. The molecule has 0 saturated heterocycles. The van der Waals surface area contributed by atoms with E-state index in [0.29, 0.717) is 5.30 Å². The Morgan fingerprint density at radius 3 is 1.79 bits per heavy atom. The van der Waals surface area contributed by atoms with Crippen LogP contribution in [0.1, 0.15) is 13.8 Å². The van der Waals surface area contributed by atoms with Crippen molar-refractivity contribution in [2.24, 2.45) is 0 Å². The van der Waals surface area contributed by atoms with Crippen molar-refractivity contribution in [1.82, 2.24) is 0 Å². The Hall–Kier alpha value is -1.21. The summed E-state index contributed by atoms with van der Waals surface area (Å²) < 4.78 is 12.1. The van der Waals surface area contributed by atoms with Crippen molar-refractivity contribution in [2.45, 2.75) is 13.8 Å². The average molecular weight is 210 g/mol. The smallest absolute Gasteiger partial charge is 0.238 e. The molecule has 3 nitrogen and oxygen atoms in total. The molecular weight excluding hydrogens is 199 g/mol. The molecule has 0 atom stereocenters. The minimum absolute atomic E-state index is 0.319. The molecule has 1 aromatic rings. The maximum absolute atomic E-state index is 12.1. The molecule has 0 saturated carbocycles. The lowest BCUT2D eigenvalue weighted by Gasteiger charge is -2.10. The fourth-order valence-electron chi connectivity index (χ4n) is 1.22. The standard InChI is InChI=1S/C10H11O3P/c1-8(11)14(13,9(2)12)10-6-4-3-5-7-10/h3-7H,1-2H3. The lowest BCUT2D eigenvalue weighted by Crippen LogP contribution is -2.15. The Balaban J connectivity index is 3.35. The average Bonchev–Trinajstić information content (AvgIpc) is 2.17. The summed E-state index contributed by atoms with van der Waals surface area (Å²) in [5.74, 6) is 0. The van der Waals surface area contributed by atoms with E-state index in [4.69, 9.17) is 0 Å². The van der Waals surface area contributed by atoms with E-state index in [9.17, 15) is 14.2 Å². The molecule has 0 aliphatic heterocycles. The predicted molar refractivity (Wildman–Crippen MR) is 55.0 cm³/mol. The van der Waals surface area contributed by atoms with Gasteiger partial charge in [-0.25, -0.2) is 0 Å². The molecular formula is C10H11O3P. The van der Waals surface area contributed by atoms with Crippen LogP contribution in [-0.4, -0.2) is 11.0 Å². The molecule has 1 rings (SSSR count). The Morgan fingerprint density at radius 2 is 1.43 bits per heavy atom. The summed E-state index contributed by atoms with van der Waals surface area (Å²) in [5, 5.41) is 0.319. The number of carbonyl (C=O) groups excluding carboxylic acids is 2. The minimum Gasteiger partial charge on any atom is -0.303 e. The second-order valence-electron chi connectivity index (χ2n) is 2.98. The van der Waals surface area contributed by atoms with Crippen LogP contribution >= 0.6 is 7.14 Å². The second-order valence-corrected chi connectivity index (χ2v) is 5.98. The maximum atomic E-state index is 12.1. The van der Waals surface area contributed by atoms with Gasteiger partial charge in [0, 0.05) is 19.2 Å². The van der Waals surface area contributed by atoms with Gasteiger partial charge < -0.3 is 4.57 Å². The van der Waals surface area contributed by atoms with Crippen LogP contribution in [0, 0.1) is 0 Å². The summed E-state index contributed by atoms with van der Waals surface area (Å²) in [6.45, 7) is 2.38. The van der Waals surface area contributed by atoms with Gasteiger partial charge in [-0.15, -0.1) is 0 Å². The first kappa shape index (κ1) is 10.9. The summed E-state index contributed by atoms with van der Waals surface area (Å²) in [6.07, 6.45) is 0. The van der Waals surface area contributed by atoms with E-state index in [1.807, 2.05) is 0 Å². The summed E-state index contributed by atoms with van der Waals surface area (Å²) >= 11 is 0. The van der Waals surface area contributed by atoms with Crippen LogP contribution in [-0.2, 0) is 14.2 Å². The summed E-state index contributed by atoms with van der Waals surface area (Å²) in [5.41, 5.74) is -1.12. The lowest BCUT2D eigenvalue weighted by molar-refractivity contribution is -0.112. The van der Waals surface area contributed by atoms with E-state index < -0.39 is 18.2 Å². The van der Waals surface area contributed by atoms with Gasteiger partial charge in [-0.2, -0.15) is 0 Å². The third-order valence-corrected chi connectivity index (χ3v) is 4.81. The van der Waals surface area contributed by atoms with Crippen LogP contribution < -0.4 is 5.30 Å². The molecule has 1 aromatic carbocycles. The highest BCUT2D eigenvalue weighted by molar-refractivity contribution is 7.99. The molecule has 0 bridgehead atoms. The van der Waals surface area contributed by atoms with Gasteiger partial charge in [0.1, 0.15) is 0 Å². The fraction of sp³-hybridized carbons (Fsp3) is 0.200. The minimum atomic E-state index is -3.49. The zero-order valence-corrected chi connectivity index (χ0v) is 8.95. The molecule has 4 heteroatoms. The first-order valence-electron chi connectivity index (χ1n) is 4.17. The highest BCUT2D eigenvalue weighted by Gasteiger charge is 2.35. The Labute approximate surface area is 82.5 Å². The molecule has 14 heavy (non-hydrogen) atoms. The molecule has 0 unspecified atom stereocenters. The van der Waals surface area contributed by atoms with E-state index >= 15 is 0 Å². The molecule has 0 amide bonds. The Kier molecular flexibility index (Phi) is 3.02. The summed E-state index contributed by atoms with van der Waals surface area (Å²) in [4.78, 5) is 22.4. The van der Waals surface area contributed by atoms with Gasteiger partial charge in [0.15, 0.2) is 11.0 Å². The van der Waals surface area contributed by atoms with Gasteiger partial charge in [0.2, 0.25) is 7.14 Å². The summed E-state index contributed by atoms with van der Waals surface area (Å²) in [7, 11) is -3.49.